The number of aliphatic hydroxyl groups is 1. The molecule has 1 aliphatic rings. The monoisotopic (exact) mass is 319 g/mol. The zero-order chi connectivity index (χ0) is 12.5. The molecule has 0 aromatic heterocycles. The Kier molecular flexibility index (Phi) is 3.75. The number of amides is 1. The summed E-state index contributed by atoms with van der Waals surface area (Å²) in [4.78, 5) is 11.8. The van der Waals surface area contributed by atoms with Gasteiger partial charge in [0, 0.05) is 10.2 Å². The summed E-state index contributed by atoms with van der Waals surface area (Å²) in [6.45, 7) is 0. The third-order valence-electron chi connectivity index (χ3n) is 2.60. The smallest absolute Gasteiger partial charge is 0.257 e. The standard InChI is InChI=1S/C11H11BrFNO2S/c12-7-1-2-8(13)9(5-7)14-10(15)11(16)3-4-17-6-11/h1-2,5,16H,3-4,6H2,(H,14,15). The molecule has 92 valence electrons. The Hall–Kier alpha value is -0.590. The fourth-order valence-electron chi connectivity index (χ4n) is 1.57. The van der Waals surface area contributed by atoms with Gasteiger partial charge in [-0.1, -0.05) is 15.9 Å². The molecule has 0 spiro atoms. The Labute approximate surface area is 111 Å². The molecule has 2 rings (SSSR count). The van der Waals surface area contributed by atoms with Gasteiger partial charge in [0.25, 0.3) is 5.91 Å². The number of nitrogens with one attached hydrogen (secondary N) is 1. The van der Waals surface area contributed by atoms with Gasteiger partial charge >= 0.3 is 0 Å². The zero-order valence-electron chi connectivity index (χ0n) is 8.87. The lowest BCUT2D eigenvalue weighted by Gasteiger charge is -2.20. The van der Waals surface area contributed by atoms with Crippen LogP contribution in [0, 0.1) is 5.82 Å². The van der Waals surface area contributed by atoms with Gasteiger partial charge in [-0.15, -0.1) is 0 Å². The molecule has 1 heterocycles. The topological polar surface area (TPSA) is 49.3 Å². The van der Waals surface area contributed by atoms with Crippen molar-refractivity contribution in [2.75, 3.05) is 16.8 Å². The average molecular weight is 320 g/mol. The molecule has 1 fully saturated rings. The Balaban J connectivity index is 2.15. The summed E-state index contributed by atoms with van der Waals surface area (Å²) in [5, 5.41) is 12.4. The minimum Gasteiger partial charge on any atom is -0.379 e. The van der Waals surface area contributed by atoms with Crippen molar-refractivity contribution in [2.24, 2.45) is 0 Å². The van der Waals surface area contributed by atoms with Gasteiger partial charge in [-0.05, 0) is 30.4 Å². The van der Waals surface area contributed by atoms with E-state index in [0.29, 0.717) is 16.6 Å². The van der Waals surface area contributed by atoms with Crippen molar-refractivity contribution in [1.29, 1.82) is 0 Å². The van der Waals surface area contributed by atoms with Crippen LogP contribution in [0.25, 0.3) is 0 Å². The van der Waals surface area contributed by atoms with Gasteiger partial charge < -0.3 is 10.4 Å². The maximum atomic E-state index is 13.4. The summed E-state index contributed by atoms with van der Waals surface area (Å²) >= 11 is 4.71. The van der Waals surface area contributed by atoms with Crippen molar-refractivity contribution in [3.05, 3.63) is 28.5 Å². The summed E-state index contributed by atoms with van der Waals surface area (Å²) in [7, 11) is 0. The van der Waals surface area contributed by atoms with Crippen LogP contribution in [0.15, 0.2) is 22.7 Å². The second kappa shape index (κ2) is 4.96. The van der Waals surface area contributed by atoms with Crippen LogP contribution < -0.4 is 5.32 Å². The largest absolute Gasteiger partial charge is 0.379 e. The number of carbonyl (C=O) groups excluding carboxylic acids is 1. The van der Waals surface area contributed by atoms with Crippen molar-refractivity contribution in [3.63, 3.8) is 0 Å². The van der Waals surface area contributed by atoms with Gasteiger partial charge in [0.1, 0.15) is 5.82 Å². The Morgan fingerprint density at radius 2 is 2.35 bits per heavy atom. The highest BCUT2D eigenvalue weighted by Crippen LogP contribution is 2.29. The number of halogens is 2. The average Bonchev–Trinajstić information content (AvgIpc) is 2.72. The van der Waals surface area contributed by atoms with Crippen LogP contribution in [0.3, 0.4) is 0 Å². The first kappa shape index (κ1) is 12.9. The van der Waals surface area contributed by atoms with Gasteiger partial charge in [0.05, 0.1) is 5.69 Å². The van der Waals surface area contributed by atoms with Crippen LogP contribution in [0.5, 0.6) is 0 Å². The molecule has 6 heteroatoms. The van der Waals surface area contributed by atoms with E-state index in [0.717, 1.165) is 5.75 Å². The number of hydrogen-bond donors (Lipinski definition) is 2. The number of hydrogen-bond acceptors (Lipinski definition) is 3. The Morgan fingerprint density at radius 1 is 1.59 bits per heavy atom. The van der Waals surface area contributed by atoms with Crippen molar-refractivity contribution < 1.29 is 14.3 Å². The molecule has 1 aromatic carbocycles. The molecule has 0 saturated carbocycles. The van der Waals surface area contributed by atoms with Crippen LogP contribution in [0.2, 0.25) is 0 Å². The van der Waals surface area contributed by atoms with Gasteiger partial charge in [0.2, 0.25) is 0 Å². The highest BCUT2D eigenvalue weighted by molar-refractivity contribution is 9.10. The van der Waals surface area contributed by atoms with Crippen molar-refractivity contribution in [3.8, 4) is 0 Å². The Morgan fingerprint density at radius 3 is 3.00 bits per heavy atom. The molecule has 0 aliphatic carbocycles. The van der Waals surface area contributed by atoms with E-state index >= 15 is 0 Å². The van der Waals surface area contributed by atoms with Crippen LogP contribution in [0.1, 0.15) is 6.42 Å². The molecule has 1 aliphatic heterocycles. The van der Waals surface area contributed by atoms with E-state index in [4.69, 9.17) is 0 Å². The minimum atomic E-state index is -1.38. The van der Waals surface area contributed by atoms with E-state index in [1.54, 1.807) is 6.07 Å². The van der Waals surface area contributed by atoms with Gasteiger partial charge in [-0.2, -0.15) is 11.8 Å². The molecule has 1 aromatic rings. The first-order chi connectivity index (χ1) is 8.01. The van der Waals surface area contributed by atoms with E-state index in [1.165, 1.54) is 23.9 Å². The highest BCUT2D eigenvalue weighted by Gasteiger charge is 2.39. The van der Waals surface area contributed by atoms with E-state index in [9.17, 15) is 14.3 Å². The second-order valence-corrected chi connectivity index (χ2v) is 5.93. The van der Waals surface area contributed by atoms with Crippen molar-refractivity contribution in [2.45, 2.75) is 12.0 Å². The number of benzene rings is 1. The molecule has 0 radical (unpaired) electrons. The van der Waals surface area contributed by atoms with Crippen LogP contribution in [-0.4, -0.2) is 28.1 Å². The molecule has 0 bridgehead atoms. The molecule has 17 heavy (non-hydrogen) atoms. The van der Waals surface area contributed by atoms with Crippen LogP contribution in [0.4, 0.5) is 10.1 Å². The third-order valence-corrected chi connectivity index (χ3v) is 4.27. The quantitative estimate of drug-likeness (QED) is 0.880. The second-order valence-electron chi connectivity index (χ2n) is 3.91. The molecule has 1 atom stereocenters. The van der Waals surface area contributed by atoms with E-state index in [-0.39, 0.29) is 5.69 Å². The van der Waals surface area contributed by atoms with Crippen LogP contribution >= 0.6 is 27.7 Å². The number of anilines is 1. The normalized spacial score (nSPS) is 23.7. The first-order valence-electron chi connectivity index (χ1n) is 5.08. The maximum Gasteiger partial charge on any atom is 0.257 e. The van der Waals surface area contributed by atoms with E-state index < -0.39 is 17.3 Å². The zero-order valence-corrected chi connectivity index (χ0v) is 11.3. The predicted molar refractivity (Wildman–Crippen MR) is 69.6 cm³/mol. The number of carbonyl (C=O) groups is 1. The summed E-state index contributed by atoms with van der Waals surface area (Å²) in [6, 6.07) is 4.27. The van der Waals surface area contributed by atoms with Crippen molar-refractivity contribution in [1.82, 2.24) is 0 Å². The fourth-order valence-corrected chi connectivity index (χ4v) is 3.17. The minimum absolute atomic E-state index is 0.0784. The predicted octanol–water partition coefficient (Wildman–Crippen LogP) is 2.39. The van der Waals surface area contributed by atoms with Gasteiger partial charge in [-0.3, -0.25) is 4.79 Å². The number of thioether (sulfide) groups is 1. The third kappa shape index (κ3) is 2.81. The maximum absolute atomic E-state index is 13.4. The lowest BCUT2D eigenvalue weighted by atomic mass is 10.0. The highest BCUT2D eigenvalue weighted by atomic mass is 79.9. The Bertz CT molecular complexity index is 449. The summed E-state index contributed by atoms with van der Waals surface area (Å²) < 4.78 is 14.1. The first-order valence-corrected chi connectivity index (χ1v) is 7.03. The molecule has 1 unspecified atom stereocenters. The molecule has 2 N–H and O–H groups in total. The molecule has 1 amide bonds. The van der Waals surface area contributed by atoms with Crippen molar-refractivity contribution >= 4 is 39.3 Å². The van der Waals surface area contributed by atoms with E-state index in [1.807, 2.05) is 0 Å². The van der Waals surface area contributed by atoms with Crippen LogP contribution in [-0.2, 0) is 4.79 Å². The fraction of sp³-hybridized carbons (Fsp3) is 0.364. The molecule has 3 nitrogen and oxygen atoms in total. The van der Waals surface area contributed by atoms with Gasteiger partial charge in [0.15, 0.2) is 5.60 Å². The SMILES string of the molecule is O=C(Nc1cc(Br)ccc1F)C1(O)CCSC1. The van der Waals surface area contributed by atoms with Gasteiger partial charge in [-0.25, -0.2) is 4.39 Å². The molecular formula is C11H11BrFNO2S. The lowest BCUT2D eigenvalue weighted by Crippen LogP contribution is -2.43. The summed E-state index contributed by atoms with van der Waals surface area (Å²) in [5.41, 5.74) is -1.30. The summed E-state index contributed by atoms with van der Waals surface area (Å²) in [5.74, 6) is 0.0367. The molecule has 1 saturated heterocycles. The summed E-state index contributed by atoms with van der Waals surface area (Å²) in [6.07, 6.45) is 0.402. The molecular weight excluding hydrogens is 309 g/mol. The lowest BCUT2D eigenvalue weighted by molar-refractivity contribution is -0.131. The number of rotatable bonds is 2. The van der Waals surface area contributed by atoms with E-state index in [2.05, 4.69) is 21.2 Å².